The second kappa shape index (κ2) is 11.0. The molecule has 3 nitrogen and oxygen atoms in total. The topological polar surface area (TPSA) is 38.7 Å². The first-order valence-electron chi connectivity index (χ1n) is 14.8. The van der Waals surface area contributed by atoms with Crippen LogP contribution in [0, 0.1) is 0 Å². The third kappa shape index (κ3) is 4.71. The zero-order valence-corrected chi connectivity index (χ0v) is 23.9. The first-order valence-corrected chi connectivity index (χ1v) is 14.8. The smallest absolute Gasteiger partial charge is 0.164 e. The summed E-state index contributed by atoms with van der Waals surface area (Å²) in [6.45, 7) is 0. The Hall–Kier alpha value is -5.93. The predicted octanol–water partition coefficient (Wildman–Crippen LogP) is 10.5. The van der Waals surface area contributed by atoms with Crippen molar-refractivity contribution < 1.29 is 0 Å². The average Bonchev–Trinajstić information content (AvgIpc) is 3.11. The SMILES string of the molecule is c1ccc(-c2ccc(-c3nc(-c4ccccc4)nc(-c4cccc5c(-c6cccc7ccccc67)cccc45)n3)cc2)cc1. The molecule has 44 heavy (non-hydrogen) atoms. The van der Waals surface area contributed by atoms with Crippen molar-refractivity contribution in [2.45, 2.75) is 0 Å². The maximum Gasteiger partial charge on any atom is 0.164 e. The highest BCUT2D eigenvalue weighted by atomic mass is 15.0. The van der Waals surface area contributed by atoms with Crippen LogP contribution in [0.2, 0.25) is 0 Å². The van der Waals surface area contributed by atoms with Crippen molar-refractivity contribution in [1.29, 1.82) is 0 Å². The zero-order valence-electron chi connectivity index (χ0n) is 23.9. The van der Waals surface area contributed by atoms with Crippen molar-refractivity contribution in [2.24, 2.45) is 0 Å². The third-order valence-corrected chi connectivity index (χ3v) is 8.16. The van der Waals surface area contributed by atoms with E-state index in [1.54, 1.807) is 0 Å². The molecule has 1 heterocycles. The van der Waals surface area contributed by atoms with Crippen molar-refractivity contribution in [2.75, 3.05) is 0 Å². The Kier molecular flexibility index (Phi) is 6.47. The third-order valence-electron chi connectivity index (χ3n) is 8.16. The zero-order chi connectivity index (χ0) is 29.3. The van der Waals surface area contributed by atoms with Gasteiger partial charge in [-0.1, -0.05) is 164 Å². The van der Waals surface area contributed by atoms with E-state index in [0.717, 1.165) is 33.0 Å². The number of hydrogen-bond donors (Lipinski definition) is 0. The Balaban J connectivity index is 1.30. The van der Waals surface area contributed by atoms with Gasteiger partial charge in [0.05, 0.1) is 0 Å². The molecule has 0 aliphatic heterocycles. The van der Waals surface area contributed by atoms with E-state index in [1.807, 2.05) is 36.4 Å². The molecular formula is C41H27N3. The van der Waals surface area contributed by atoms with Crippen molar-refractivity contribution in [1.82, 2.24) is 15.0 Å². The van der Waals surface area contributed by atoms with E-state index in [9.17, 15) is 0 Å². The summed E-state index contributed by atoms with van der Waals surface area (Å²) in [5, 5.41) is 4.73. The molecule has 0 aliphatic rings. The Morgan fingerprint density at radius 3 is 1.36 bits per heavy atom. The molecule has 0 N–H and O–H groups in total. The highest BCUT2D eigenvalue weighted by molar-refractivity contribution is 6.08. The molecule has 0 unspecified atom stereocenters. The lowest BCUT2D eigenvalue weighted by Gasteiger charge is -2.14. The lowest BCUT2D eigenvalue weighted by atomic mass is 9.92. The minimum absolute atomic E-state index is 0.649. The molecule has 206 valence electrons. The van der Waals surface area contributed by atoms with E-state index < -0.39 is 0 Å². The van der Waals surface area contributed by atoms with Gasteiger partial charge in [0.1, 0.15) is 0 Å². The molecule has 8 rings (SSSR count). The van der Waals surface area contributed by atoms with E-state index in [4.69, 9.17) is 15.0 Å². The molecule has 0 spiro atoms. The van der Waals surface area contributed by atoms with Crippen LogP contribution in [0.5, 0.6) is 0 Å². The van der Waals surface area contributed by atoms with E-state index >= 15 is 0 Å². The van der Waals surface area contributed by atoms with Crippen LogP contribution in [0.15, 0.2) is 164 Å². The van der Waals surface area contributed by atoms with Crippen LogP contribution in [0.4, 0.5) is 0 Å². The quantitative estimate of drug-likeness (QED) is 0.210. The molecular weight excluding hydrogens is 534 g/mol. The number of rotatable bonds is 5. The van der Waals surface area contributed by atoms with Gasteiger partial charge >= 0.3 is 0 Å². The lowest BCUT2D eigenvalue weighted by molar-refractivity contribution is 1.08. The number of aromatic nitrogens is 3. The normalized spacial score (nSPS) is 11.2. The number of nitrogens with zero attached hydrogens (tertiary/aromatic N) is 3. The summed E-state index contributed by atoms with van der Waals surface area (Å²) in [5.41, 5.74) is 7.62. The average molecular weight is 562 g/mol. The van der Waals surface area contributed by atoms with Crippen molar-refractivity contribution in [3.8, 4) is 56.4 Å². The van der Waals surface area contributed by atoms with Crippen LogP contribution >= 0.6 is 0 Å². The predicted molar refractivity (Wildman–Crippen MR) is 182 cm³/mol. The molecule has 0 bridgehead atoms. The summed E-state index contributed by atoms with van der Waals surface area (Å²) >= 11 is 0. The van der Waals surface area contributed by atoms with Crippen molar-refractivity contribution in [3.05, 3.63) is 164 Å². The summed E-state index contributed by atoms with van der Waals surface area (Å²) in [7, 11) is 0. The fourth-order valence-electron chi connectivity index (χ4n) is 5.98. The molecule has 0 fully saturated rings. The monoisotopic (exact) mass is 561 g/mol. The van der Waals surface area contributed by atoms with Gasteiger partial charge in [-0.25, -0.2) is 15.0 Å². The molecule has 0 saturated carbocycles. The summed E-state index contributed by atoms with van der Waals surface area (Å²) in [4.78, 5) is 15.1. The molecule has 0 aliphatic carbocycles. The van der Waals surface area contributed by atoms with Crippen LogP contribution in [0.25, 0.3) is 78.0 Å². The largest absolute Gasteiger partial charge is 0.208 e. The lowest BCUT2D eigenvalue weighted by Crippen LogP contribution is -2.00. The highest BCUT2D eigenvalue weighted by Gasteiger charge is 2.16. The molecule has 8 aromatic rings. The number of fused-ring (bicyclic) bond motifs is 2. The van der Waals surface area contributed by atoms with E-state index in [0.29, 0.717) is 17.5 Å². The second-order valence-electron chi connectivity index (χ2n) is 10.8. The van der Waals surface area contributed by atoms with Gasteiger partial charge in [0.25, 0.3) is 0 Å². The highest BCUT2D eigenvalue weighted by Crippen LogP contribution is 2.37. The Morgan fingerprint density at radius 2 is 0.659 bits per heavy atom. The molecule has 3 heteroatoms. The van der Waals surface area contributed by atoms with Crippen LogP contribution in [0.1, 0.15) is 0 Å². The first-order chi connectivity index (χ1) is 21.8. The maximum absolute atomic E-state index is 5.08. The van der Waals surface area contributed by atoms with E-state index in [2.05, 4.69) is 127 Å². The molecule has 7 aromatic carbocycles. The van der Waals surface area contributed by atoms with Crippen LogP contribution < -0.4 is 0 Å². The molecule has 0 atom stereocenters. The first kappa shape index (κ1) is 25.8. The van der Waals surface area contributed by atoms with Crippen LogP contribution in [-0.4, -0.2) is 15.0 Å². The number of hydrogen-bond acceptors (Lipinski definition) is 3. The fourth-order valence-corrected chi connectivity index (χ4v) is 5.98. The number of benzene rings is 7. The van der Waals surface area contributed by atoms with Crippen molar-refractivity contribution >= 4 is 21.5 Å². The van der Waals surface area contributed by atoms with Gasteiger partial charge in [0.15, 0.2) is 17.5 Å². The second-order valence-corrected chi connectivity index (χ2v) is 10.8. The molecule has 0 radical (unpaired) electrons. The van der Waals surface area contributed by atoms with Gasteiger partial charge in [-0.2, -0.15) is 0 Å². The Bertz CT molecular complexity index is 2250. The van der Waals surface area contributed by atoms with Gasteiger partial charge in [-0.3, -0.25) is 0 Å². The van der Waals surface area contributed by atoms with Crippen LogP contribution in [0.3, 0.4) is 0 Å². The minimum atomic E-state index is 0.649. The molecule has 0 amide bonds. The van der Waals surface area contributed by atoms with Crippen molar-refractivity contribution in [3.63, 3.8) is 0 Å². The summed E-state index contributed by atoms with van der Waals surface area (Å²) in [6, 6.07) is 56.9. The Morgan fingerprint density at radius 1 is 0.250 bits per heavy atom. The fraction of sp³-hybridized carbons (Fsp3) is 0. The standard InChI is InChI=1S/C41H27N3/c1-3-12-28(13-4-1)29-24-26-32(27-25-29)40-42-39(31-15-5-2-6-16-31)43-41(44-40)38-23-11-21-36-35(20-10-22-37(36)38)34-19-9-17-30-14-7-8-18-33(30)34/h1-27H. The molecule has 0 saturated heterocycles. The summed E-state index contributed by atoms with van der Waals surface area (Å²) in [5.74, 6) is 1.96. The minimum Gasteiger partial charge on any atom is -0.208 e. The Labute approximate surface area is 256 Å². The van der Waals surface area contributed by atoms with Gasteiger partial charge in [0.2, 0.25) is 0 Å². The summed E-state index contributed by atoms with van der Waals surface area (Å²) in [6.07, 6.45) is 0. The van der Waals surface area contributed by atoms with Gasteiger partial charge in [-0.15, -0.1) is 0 Å². The van der Waals surface area contributed by atoms with E-state index in [-0.39, 0.29) is 0 Å². The van der Waals surface area contributed by atoms with E-state index in [1.165, 1.54) is 27.5 Å². The maximum atomic E-state index is 5.08. The van der Waals surface area contributed by atoms with Crippen LogP contribution in [-0.2, 0) is 0 Å². The van der Waals surface area contributed by atoms with Gasteiger partial charge < -0.3 is 0 Å². The van der Waals surface area contributed by atoms with Gasteiger partial charge in [0, 0.05) is 16.7 Å². The van der Waals surface area contributed by atoms with Gasteiger partial charge in [-0.05, 0) is 43.8 Å². The summed E-state index contributed by atoms with van der Waals surface area (Å²) < 4.78 is 0. The molecule has 1 aromatic heterocycles.